The Morgan fingerprint density at radius 1 is 1.27 bits per heavy atom. The van der Waals surface area contributed by atoms with Crippen LogP contribution in [0.4, 0.5) is 13.2 Å². The van der Waals surface area contributed by atoms with Crippen molar-refractivity contribution < 1.29 is 32.0 Å². The summed E-state index contributed by atoms with van der Waals surface area (Å²) in [4.78, 5) is 12.5. The summed E-state index contributed by atoms with van der Waals surface area (Å²) in [5.74, 6) is -1.47. The number of aromatic nitrogens is 2. The Bertz CT molecular complexity index is 731. The van der Waals surface area contributed by atoms with E-state index in [9.17, 15) is 18.0 Å². The second-order valence-corrected chi connectivity index (χ2v) is 6.07. The topological polar surface area (TPSA) is 44.3 Å². The van der Waals surface area contributed by atoms with Crippen molar-refractivity contribution in [2.75, 3.05) is 7.11 Å². The lowest BCUT2D eigenvalue weighted by Crippen LogP contribution is -2.52. The second kappa shape index (κ2) is 7.90. The van der Waals surface area contributed by atoms with E-state index in [-0.39, 0.29) is 5.56 Å². The van der Waals surface area contributed by atoms with Crippen LogP contribution in [0.1, 0.15) is 18.9 Å². The van der Waals surface area contributed by atoms with Crippen molar-refractivity contribution >= 4 is 5.97 Å². The number of nitrogens with zero attached hydrogens (tertiary/aromatic N) is 2. The highest BCUT2D eigenvalue weighted by Gasteiger charge is 2.64. The molecule has 0 N–H and O–H groups in total. The van der Waals surface area contributed by atoms with Gasteiger partial charge in [0.2, 0.25) is 6.33 Å². The maximum absolute atomic E-state index is 13.8. The first kappa shape index (κ1) is 20.0. The smallest absolute Gasteiger partial charge is 0.432 e. The van der Waals surface area contributed by atoms with Crippen molar-refractivity contribution in [1.29, 1.82) is 0 Å². The number of benzene rings is 1. The van der Waals surface area contributed by atoms with Crippen LogP contribution >= 0.6 is 0 Å². The number of halogens is 3. The maximum atomic E-state index is 13.8. The highest BCUT2D eigenvalue weighted by Crippen LogP contribution is 2.43. The molecule has 0 radical (unpaired) electrons. The summed E-state index contributed by atoms with van der Waals surface area (Å²) in [6.45, 7) is 2.07. The SMILES string of the molecule is CO[C@](C(=O)O[C@H](C)CCn1cc[n+](C)c1)(c1ccccc1)C(F)(F)F. The summed E-state index contributed by atoms with van der Waals surface area (Å²) in [7, 11) is 2.71. The summed E-state index contributed by atoms with van der Waals surface area (Å²) in [6, 6.07) is 6.78. The van der Waals surface area contributed by atoms with Crippen LogP contribution < -0.4 is 4.57 Å². The molecule has 0 aliphatic carbocycles. The van der Waals surface area contributed by atoms with Crippen LogP contribution in [0.2, 0.25) is 0 Å². The Balaban J connectivity index is 2.16. The summed E-state index contributed by atoms with van der Waals surface area (Å²) in [5.41, 5.74) is -3.47. The third kappa shape index (κ3) is 4.07. The number of rotatable bonds is 7. The van der Waals surface area contributed by atoms with E-state index < -0.39 is 23.9 Å². The van der Waals surface area contributed by atoms with Gasteiger partial charge in [0.25, 0.3) is 5.60 Å². The Labute approximate surface area is 150 Å². The average molecular weight is 371 g/mol. The van der Waals surface area contributed by atoms with Gasteiger partial charge < -0.3 is 9.47 Å². The average Bonchev–Trinajstić information content (AvgIpc) is 2.99. The van der Waals surface area contributed by atoms with Gasteiger partial charge in [0, 0.05) is 19.1 Å². The number of carbonyl (C=O) groups excluding carboxylic acids is 1. The number of aryl methyl sites for hydroxylation is 2. The molecule has 0 aliphatic rings. The van der Waals surface area contributed by atoms with Crippen LogP contribution in [-0.2, 0) is 33.5 Å². The van der Waals surface area contributed by atoms with Gasteiger partial charge in [-0.3, -0.25) is 0 Å². The molecule has 0 unspecified atom stereocenters. The summed E-state index contributed by atoms with van der Waals surface area (Å²) < 4.78 is 54.9. The van der Waals surface area contributed by atoms with Crippen molar-refractivity contribution in [1.82, 2.24) is 4.57 Å². The first-order valence-corrected chi connectivity index (χ1v) is 8.10. The zero-order valence-corrected chi connectivity index (χ0v) is 14.9. The number of esters is 1. The largest absolute Gasteiger partial charge is 0.460 e. The molecule has 0 aliphatic heterocycles. The zero-order valence-electron chi connectivity index (χ0n) is 14.9. The summed E-state index contributed by atoms with van der Waals surface area (Å²) in [6.07, 6.45) is 0.185. The number of hydrogen-bond acceptors (Lipinski definition) is 3. The molecule has 0 bridgehead atoms. The van der Waals surface area contributed by atoms with Gasteiger partial charge in [0.05, 0.1) is 13.6 Å². The van der Waals surface area contributed by atoms with E-state index in [4.69, 9.17) is 9.47 Å². The summed E-state index contributed by atoms with van der Waals surface area (Å²) in [5, 5.41) is 0. The van der Waals surface area contributed by atoms with Crippen molar-refractivity contribution in [2.45, 2.75) is 37.8 Å². The first-order valence-electron chi connectivity index (χ1n) is 8.10. The Morgan fingerprint density at radius 3 is 2.42 bits per heavy atom. The molecule has 0 amide bonds. The van der Waals surface area contributed by atoms with E-state index in [0.717, 1.165) is 7.11 Å². The zero-order chi connectivity index (χ0) is 19.4. The Morgan fingerprint density at radius 2 is 1.92 bits per heavy atom. The number of hydrogen-bond donors (Lipinski definition) is 0. The number of alkyl halides is 3. The maximum Gasteiger partial charge on any atom is 0.432 e. The molecule has 0 saturated carbocycles. The van der Waals surface area contributed by atoms with E-state index in [2.05, 4.69) is 0 Å². The number of imidazole rings is 1. The molecule has 2 aromatic rings. The van der Waals surface area contributed by atoms with E-state index in [1.54, 1.807) is 13.0 Å². The van der Waals surface area contributed by atoms with Crippen molar-refractivity contribution in [3.05, 3.63) is 54.6 Å². The molecular formula is C18H22F3N2O3+. The summed E-state index contributed by atoms with van der Waals surface area (Å²) >= 11 is 0. The minimum Gasteiger partial charge on any atom is -0.460 e. The van der Waals surface area contributed by atoms with Crippen LogP contribution in [0.5, 0.6) is 0 Å². The Hall–Kier alpha value is -2.35. The van der Waals surface area contributed by atoms with E-state index >= 15 is 0 Å². The standard InChI is InChI=1S/C18H22F3N2O3/c1-14(9-10-23-12-11-22(2)13-23)26-16(24)17(25-3,18(19,20)21)15-7-5-4-6-8-15/h4-8,11-14H,9-10H2,1-3H3/q+1/t14-,17+/m1/s1. The fraction of sp³-hybridized carbons (Fsp3) is 0.444. The van der Waals surface area contributed by atoms with Crippen LogP contribution in [0.15, 0.2) is 49.1 Å². The van der Waals surface area contributed by atoms with Gasteiger partial charge in [-0.2, -0.15) is 13.2 Å². The molecule has 5 nitrogen and oxygen atoms in total. The predicted octanol–water partition coefficient (Wildman–Crippen LogP) is 2.74. The van der Waals surface area contributed by atoms with Crippen molar-refractivity contribution in [3.63, 3.8) is 0 Å². The molecule has 8 heteroatoms. The van der Waals surface area contributed by atoms with Gasteiger partial charge in [0.1, 0.15) is 18.5 Å². The van der Waals surface area contributed by atoms with Crippen molar-refractivity contribution in [3.8, 4) is 0 Å². The van der Waals surface area contributed by atoms with Crippen LogP contribution in [-0.4, -0.2) is 29.9 Å². The molecule has 0 saturated heterocycles. The predicted molar refractivity (Wildman–Crippen MR) is 87.0 cm³/mol. The monoisotopic (exact) mass is 371 g/mol. The number of methoxy groups -OCH3 is 1. The van der Waals surface area contributed by atoms with Gasteiger partial charge in [-0.1, -0.05) is 30.3 Å². The fourth-order valence-electron chi connectivity index (χ4n) is 2.68. The third-order valence-electron chi connectivity index (χ3n) is 4.10. The van der Waals surface area contributed by atoms with Gasteiger partial charge in [-0.05, 0) is 6.92 Å². The minimum atomic E-state index is -4.96. The molecular weight excluding hydrogens is 349 g/mol. The normalized spacial score (nSPS) is 15.3. The number of carbonyl (C=O) groups is 1. The first-order chi connectivity index (χ1) is 12.2. The second-order valence-electron chi connectivity index (χ2n) is 6.07. The molecule has 0 fully saturated rings. The molecule has 1 heterocycles. The van der Waals surface area contributed by atoms with E-state index in [1.807, 2.05) is 34.9 Å². The molecule has 142 valence electrons. The fourth-order valence-corrected chi connectivity index (χ4v) is 2.68. The molecule has 2 atom stereocenters. The molecule has 26 heavy (non-hydrogen) atoms. The molecule has 0 spiro atoms. The molecule has 1 aromatic heterocycles. The van der Waals surface area contributed by atoms with Gasteiger partial charge in [0.15, 0.2) is 0 Å². The van der Waals surface area contributed by atoms with Gasteiger partial charge in [-0.15, -0.1) is 0 Å². The van der Waals surface area contributed by atoms with Crippen LogP contribution in [0.3, 0.4) is 0 Å². The Kier molecular flexibility index (Phi) is 6.07. The highest BCUT2D eigenvalue weighted by molar-refractivity contribution is 5.82. The highest BCUT2D eigenvalue weighted by atomic mass is 19.4. The lowest BCUT2D eigenvalue weighted by atomic mass is 9.92. The van der Waals surface area contributed by atoms with Gasteiger partial charge >= 0.3 is 12.1 Å². The van der Waals surface area contributed by atoms with E-state index in [0.29, 0.717) is 13.0 Å². The molecule has 1 aromatic carbocycles. The molecule has 2 rings (SSSR count). The lowest BCUT2D eigenvalue weighted by Gasteiger charge is -2.33. The quantitative estimate of drug-likeness (QED) is 0.555. The van der Waals surface area contributed by atoms with Crippen LogP contribution in [0, 0.1) is 0 Å². The van der Waals surface area contributed by atoms with Gasteiger partial charge in [-0.25, -0.2) is 13.9 Å². The van der Waals surface area contributed by atoms with Crippen LogP contribution in [0.25, 0.3) is 0 Å². The minimum absolute atomic E-state index is 0.315. The van der Waals surface area contributed by atoms with Crippen molar-refractivity contribution in [2.24, 2.45) is 7.05 Å². The lowest BCUT2D eigenvalue weighted by molar-refractivity contribution is -0.671. The number of ether oxygens (including phenoxy) is 2. The third-order valence-corrected chi connectivity index (χ3v) is 4.10. The van der Waals surface area contributed by atoms with E-state index in [1.165, 1.54) is 24.3 Å².